The molecule has 1 heterocycles. The van der Waals surface area contributed by atoms with E-state index in [2.05, 4.69) is 4.72 Å². The second kappa shape index (κ2) is 6.68. The second-order valence-corrected chi connectivity index (χ2v) is 6.51. The molecule has 0 bridgehead atoms. The maximum Gasteiger partial charge on any atom is 0.279 e. The van der Waals surface area contributed by atoms with Gasteiger partial charge in [0.05, 0.1) is 6.61 Å². The molecule has 1 N–H and O–H groups in total. The molecule has 1 fully saturated rings. The lowest BCUT2D eigenvalue weighted by atomic mass is 10.0. The Balaban J connectivity index is 2.53. The first-order valence-electron chi connectivity index (χ1n) is 6.31. The third-order valence-corrected chi connectivity index (χ3v) is 4.54. The van der Waals surface area contributed by atoms with Crippen LogP contribution in [0.15, 0.2) is 0 Å². The largest absolute Gasteiger partial charge is 0.381 e. The summed E-state index contributed by atoms with van der Waals surface area (Å²) in [6.45, 7) is 8.15. The molecule has 1 unspecified atom stereocenters. The van der Waals surface area contributed by atoms with Crippen molar-refractivity contribution in [1.29, 1.82) is 0 Å². The molecule has 102 valence electrons. The summed E-state index contributed by atoms with van der Waals surface area (Å²) in [5, 5.41) is 0. The number of nitrogens with zero attached hydrogens (tertiary/aromatic N) is 1. The summed E-state index contributed by atoms with van der Waals surface area (Å²) in [6.07, 6.45) is 1.96. The zero-order chi connectivity index (χ0) is 12.9. The van der Waals surface area contributed by atoms with Gasteiger partial charge in [0.1, 0.15) is 0 Å². The summed E-state index contributed by atoms with van der Waals surface area (Å²) < 4.78 is 33.5. The molecule has 1 aliphatic heterocycles. The maximum atomic E-state index is 12.0. The highest BCUT2D eigenvalue weighted by Crippen LogP contribution is 2.19. The molecule has 0 aromatic heterocycles. The second-order valence-electron chi connectivity index (χ2n) is 4.80. The van der Waals surface area contributed by atoms with E-state index >= 15 is 0 Å². The first-order chi connectivity index (χ1) is 7.95. The molecule has 0 aromatic rings. The van der Waals surface area contributed by atoms with Crippen molar-refractivity contribution in [2.75, 3.05) is 26.3 Å². The Hall–Kier alpha value is -0.170. The summed E-state index contributed by atoms with van der Waals surface area (Å²) in [4.78, 5) is 0. The quantitative estimate of drug-likeness (QED) is 0.778. The van der Waals surface area contributed by atoms with Gasteiger partial charge < -0.3 is 4.74 Å². The third kappa shape index (κ3) is 4.91. The van der Waals surface area contributed by atoms with Gasteiger partial charge in [0.25, 0.3) is 10.2 Å². The molecule has 17 heavy (non-hydrogen) atoms. The van der Waals surface area contributed by atoms with E-state index < -0.39 is 10.2 Å². The van der Waals surface area contributed by atoms with Gasteiger partial charge in [-0.25, -0.2) is 0 Å². The minimum atomic E-state index is -3.31. The number of hydrogen-bond acceptors (Lipinski definition) is 3. The summed E-state index contributed by atoms with van der Waals surface area (Å²) in [5.41, 5.74) is 0. The molecule has 1 rings (SSSR count). The van der Waals surface area contributed by atoms with Crippen molar-refractivity contribution < 1.29 is 13.2 Å². The molecule has 0 saturated carbocycles. The lowest BCUT2D eigenvalue weighted by Gasteiger charge is -2.32. The Bertz CT molecular complexity index is 317. The van der Waals surface area contributed by atoms with Crippen molar-refractivity contribution in [2.24, 2.45) is 5.92 Å². The van der Waals surface area contributed by atoms with Crippen LogP contribution in [0, 0.1) is 5.92 Å². The Morgan fingerprint density at radius 3 is 2.76 bits per heavy atom. The summed E-state index contributed by atoms with van der Waals surface area (Å²) in [7, 11) is -3.31. The van der Waals surface area contributed by atoms with Crippen molar-refractivity contribution >= 4 is 10.2 Å². The standard InChI is InChI=1S/C11H24N2O3S/c1-4-16-9-11-6-5-7-13(8-11)17(14,15)12-10(2)3/h10-12H,4-9H2,1-3H3. The first kappa shape index (κ1) is 14.9. The molecule has 1 aliphatic rings. The van der Waals surface area contributed by atoms with Gasteiger partial charge in [0, 0.05) is 25.7 Å². The predicted molar refractivity (Wildman–Crippen MR) is 68.0 cm³/mol. The molecule has 6 heteroatoms. The van der Waals surface area contributed by atoms with Crippen molar-refractivity contribution in [3.05, 3.63) is 0 Å². The third-order valence-electron chi connectivity index (χ3n) is 2.76. The molecular formula is C11H24N2O3S. The fraction of sp³-hybridized carbons (Fsp3) is 1.00. The molecule has 0 radical (unpaired) electrons. The minimum Gasteiger partial charge on any atom is -0.381 e. The fourth-order valence-electron chi connectivity index (χ4n) is 2.04. The van der Waals surface area contributed by atoms with E-state index in [1.165, 1.54) is 0 Å². The topological polar surface area (TPSA) is 58.6 Å². The Morgan fingerprint density at radius 1 is 1.47 bits per heavy atom. The van der Waals surface area contributed by atoms with Crippen LogP contribution in [0.3, 0.4) is 0 Å². The normalized spacial score (nSPS) is 23.2. The zero-order valence-corrected chi connectivity index (χ0v) is 11.8. The van der Waals surface area contributed by atoms with Crippen LogP contribution >= 0.6 is 0 Å². The lowest BCUT2D eigenvalue weighted by Crippen LogP contribution is -2.48. The minimum absolute atomic E-state index is 0.0627. The molecule has 1 atom stereocenters. The van der Waals surface area contributed by atoms with Crippen LogP contribution in [-0.2, 0) is 14.9 Å². The van der Waals surface area contributed by atoms with E-state index in [-0.39, 0.29) is 6.04 Å². The average Bonchev–Trinajstić information content (AvgIpc) is 2.25. The van der Waals surface area contributed by atoms with Gasteiger partial charge in [-0.15, -0.1) is 0 Å². The number of ether oxygens (including phenoxy) is 1. The van der Waals surface area contributed by atoms with Crippen molar-refractivity contribution in [3.8, 4) is 0 Å². The predicted octanol–water partition coefficient (Wildman–Crippen LogP) is 0.978. The van der Waals surface area contributed by atoms with E-state index in [4.69, 9.17) is 4.74 Å². The molecule has 0 amide bonds. The number of rotatable bonds is 6. The van der Waals surface area contributed by atoms with Crippen LogP contribution in [0.4, 0.5) is 0 Å². The van der Waals surface area contributed by atoms with Gasteiger partial charge in [0.2, 0.25) is 0 Å². The van der Waals surface area contributed by atoms with Crippen LogP contribution < -0.4 is 4.72 Å². The summed E-state index contributed by atoms with van der Waals surface area (Å²) >= 11 is 0. The molecular weight excluding hydrogens is 240 g/mol. The van der Waals surface area contributed by atoms with Gasteiger partial charge in [-0.05, 0) is 39.5 Å². The highest BCUT2D eigenvalue weighted by atomic mass is 32.2. The van der Waals surface area contributed by atoms with Crippen LogP contribution in [0.2, 0.25) is 0 Å². The molecule has 5 nitrogen and oxygen atoms in total. The molecule has 0 spiro atoms. The summed E-state index contributed by atoms with van der Waals surface area (Å²) in [5.74, 6) is 0.326. The van der Waals surface area contributed by atoms with Gasteiger partial charge >= 0.3 is 0 Å². The average molecular weight is 264 g/mol. The van der Waals surface area contributed by atoms with Gasteiger partial charge in [-0.2, -0.15) is 17.4 Å². The monoisotopic (exact) mass is 264 g/mol. The Kier molecular flexibility index (Phi) is 5.85. The van der Waals surface area contributed by atoms with Crippen LogP contribution in [0.25, 0.3) is 0 Å². The number of piperidine rings is 1. The van der Waals surface area contributed by atoms with Gasteiger partial charge in [0.15, 0.2) is 0 Å². The Morgan fingerprint density at radius 2 is 2.18 bits per heavy atom. The van der Waals surface area contributed by atoms with E-state index in [1.807, 2.05) is 20.8 Å². The SMILES string of the molecule is CCOCC1CCCN(S(=O)(=O)NC(C)C)C1. The van der Waals surface area contributed by atoms with Crippen molar-refractivity contribution in [1.82, 2.24) is 9.03 Å². The van der Waals surface area contributed by atoms with E-state index in [1.54, 1.807) is 4.31 Å². The van der Waals surface area contributed by atoms with E-state index in [0.717, 1.165) is 12.8 Å². The molecule has 1 saturated heterocycles. The molecule has 0 aromatic carbocycles. The first-order valence-corrected chi connectivity index (χ1v) is 7.75. The van der Waals surface area contributed by atoms with Crippen LogP contribution in [-0.4, -0.2) is 45.1 Å². The number of hydrogen-bond donors (Lipinski definition) is 1. The van der Waals surface area contributed by atoms with Gasteiger partial charge in [-0.3, -0.25) is 0 Å². The summed E-state index contributed by atoms with van der Waals surface area (Å²) in [6, 6.07) is -0.0627. The Labute approximate surface area is 105 Å². The smallest absolute Gasteiger partial charge is 0.279 e. The zero-order valence-electron chi connectivity index (χ0n) is 11.0. The molecule has 0 aliphatic carbocycles. The van der Waals surface area contributed by atoms with Crippen molar-refractivity contribution in [2.45, 2.75) is 39.7 Å². The van der Waals surface area contributed by atoms with E-state index in [0.29, 0.717) is 32.2 Å². The highest BCUT2D eigenvalue weighted by molar-refractivity contribution is 7.87. The fourth-order valence-corrected chi connectivity index (χ4v) is 3.56. The van der Waals surface area contributed by atoms with E-state index in [9.17, 15) is 8.42 Å². The van der Waals surface area contributed by atoms with Crippen LogP contribution in [0.5, 0.6) is 0 Å². The van der Waals surface area contributed by atoms with Crippen molar-refractivity contribution in [3.63, 3.8) is 0 Å². The van der Waals surface area contributed by atoms with Crippen LogP contribution in [0.1, 0.15) is 33.6 Å². The number of nitrogens with one attached hydrogen (secondary N) is 1. The lowest BCUT2D eigenvalue weighted by molar-refractivity contribution is 0.0861. The maximum absolute atomic E-state index is 12.0. The van der Waals surface area contributed by atoms with Gasteiger partial charge in [-0.1, -0.05) is 0 Å². The highest BCUT2D eigenvalue weighted by Gasteiger charge is 2.29.